The van der Waals surface area contributed by atoms with Gasteiger partial charge in [0.2, 0.25) is 5.88 Å². The average molecular weight is 622 g/mol. The smallest absolute Gasteiger partial charge is 0.475 e. The molecule has 1 amide bonds. The first-order chi connectivity index (χ1) is 19.8. The quantitative estimate of drug-likeness (QED) is 0.304. The highest BCUT2D eigenvalue weighted by molar-refractivity contribution is 6.03. The predicted octanol–water partition coefficient (Wildman–Crippen LogP) is 4.68. The number of rotatable bonds is 4. The number of hydrogen-bond donors (Lipinski definition) is 4. The molecule has 1 aliphatic heterocycles. The molecule has 0 bridgehead atoms. The number of anilines is 1. The molecule has 0 spiro atoms. The van der Waals surface area contributed by atoms with Crippen molar-refractivity contribution in [2.75, 3.05) is 18.4 Å². The summed E-state index contributed by atoms with van der Waals surface area (Å²) in [5.74, 6) is -4.70. The highest BCUT2D eigenvalue weighted by Gasteiger charge is 2.38. The molecular formula is C26H29F6N5O6. The highest BCUT2D eigenvalue weighted by Crippen LogP contribution is 2.23. The first kappa shape index (κ1) is 34.8. The van der Waals surface area contributed by atoms with E-state index in [-0.39, 0.29) is 17.4 Å². The monoisotopic (exact) mass is 621 g/mol. The van der Waals surface area contributed by atoms with E-state index in [0.29, 0.717) is 22.9 Å². The summed E-state index contributed by atoms with van der Waals surface area (Å²) in [5, 5.41) is 24.9. The molecule has 3 heterocycles. The Morgan fingerprint density at radius 1 is 0.953 bits per heavy atom. The van der Waals surface area contributed by atoms with Crippen LogP contribution in [0.5, 0.6) is 5.88 Å². The van der Waals surface area contributed by atoms with Gasteiger partial charge in [-0.3, -0.25) is 4.79 Å². The van der Waals surface area contributed by atoms with E-state index >= 15 is 0 Å². The Morgan fingerprint density at radius 2 is 1.51 bits per heavy atom. The van der Waals surface area contributed by atoms with Crippen LogP contribution < -0.4 is 15.4 Å². The number of carbonyl (C=O) groups excluding carboxylic acids is 1. The van der Waals surface area contributed by atoms with Gasteiger partial charge in [-0.25, -0.2) is 19.1 Å². The van der Waals surface area contributed by atoms with Gasteiger partial charge >= 0.3 is 24.3 Å². The van der Waals surface area contributed by atoms with Crippen LogP contribution in [0.4, 0.5) is 32.2 Å². The van der Waals surface area contributed by atoms with E-state index in [1.807, 2.05) is 36.4 Å². The molecule has 2 aromatic heterocycles. The van der Waals surface area contributed by atoms with Gasteiger partial charge in [0.25, 0.3) is 5.91 Å². The summed E-state index contributed by atoms with van der Waals surface area (Å²) >= 11 is 0. The van der Waals surface area contributed by atoms with E-state index in [1.54, 1.807) is 10.7 Å². The van der Waals surface area contributed by atoms with E-state index in [2.05, 4.69) is 41.5 Å². The van der Waals surface area contributed by atoms with Gasteiger partial charge in [-0.15, -0.1) is 5.10 Å². The van der Waals surface area contributed by atoms with Gasteiger partial charge in [0.15, 0.2) is 11.5 Å². The second kappa shape index (κ2) is 14.2. The normalized spacial score (nSPS) is 15.3. The Hall–Kier alpha value is -4.41. The van der Waals surface area contributed by atoms with Gasteiger partial charge in [0.05, 0.1) is 6.20 Å². The topological polar surface area (TPSA) is 155 Å². The number of imidazole rings is 1. The number of nitrogens with one attached hydrogen (secondary N) is 2. The summed E-state index contributed by atoms with van der Waals surface area (Å²) in [6, 6.07) is 11.3. The van der Waals surface area contributed by atoms with Crippen LogP contribution in [0.25, 0.3) is 5.65 Å². The lowest BCUT2D eigenvalue weighted by Crippen LogP contribution is -2.37. The molecule has 236 valence electrons. The standard InChI is InChI=1S/C22H27N5O2.2C2HF3O2/c1-22(2,3)16-8-6-15(7-9-16)21(28)25-18-14-27-19(24-18)10-11-20(26-27)29-17-5-4-12-23-13-17;2*3-2(4,5)1(6)7/h6-11,14,17,23H,4-5,12-13H2,1-3H3,(H,25,28);2*(H,6,7). The molecule has 3 aromatic rings. The molecule has 4 N–H and O–H groups in total. The Bertz CT molecular complexity index is 1370. The first-order valence-corrected chi connectivity index (χ1v) is 12.5. The lowest BCUT2D eigenvalue weighted by Gasteiger charge is -2.23. The van der Waals surface area contributed by atoms with Gasteiger partial charge in [-0.05, 0) is 48.6 Å². The third kappa shape index (κ3) is 11.4. The van der Waals surface area contributed by atoms with E-state index in [4.69, 9.17) is 24.5 Å². The van der Waals surface area contributed by atoms with Crippen LogP contribution in [0.2, 0.25) is 0 Å². The number of piperidine rings is 1. The molecule has 0 saturated carbocycles. The van der Waals surface area contributed by atoms with Gasteiger partial charge in [0, 0.05) is 18.2 Å². The molecule has 1 aromatic carbocycles. The van der Waals surface area contributed by atoms with Crippen molar-refractivity contribution in [3.63, 3.8) is 0 Å². The van der Waals surface area contributed by atoms with Gasteiger partial charge in [0.1, 0.15) is 6.10 Å². The van der Waals surface area contributed by atoms with E-state index in [1.165, 1.54) is 5.56 Å². The number of carboxylic acid groups (broad SMARTS) is 2. The number of carboxylic acids is 2. The fraction of sp³-hybridized carbons (Fsp3) is 0.423. The number of aromatic nitrogens is 3. The number of carbonyl (C=O) groups is 3. The maximum Gasteiger partial charge on any atom is 0.490 e. The van der Waals surface area contributed by atoms with Crippen LogP contribution in [0.1, 0.15) is 49.5 Å². The average Bonchev–Trinajstić information content (AvgIpc) is 3.30. The molecule has 1 fully saturated rings. The number of ether oxygens (including phenoxy) is 1. The Morgan fingerprint density at radius 3 is 1.98 bits per heavy atom. The summed E-state index contributed by atoms with van der Waals surface area (Å²) < 4.78 is 71.1. The number of halogens is 6. The zero-order chi connectivity index (χ0) is 32.6. The number of nitrogens with zero attached hydrogens (tertiary/aromatic N) is 3. The van der Waals surface area contributed by atoms with Gasteiger partial charge < -0.3 is 25.6 Å². The number of alkyl halides is 6. The van der Waals surface area contributed by atoms with Gasteiger partial charge in [-0.2, -0.15) is 26.3 Å². The molecule has 1 unspecified atom stereocenters. The van der Waals surface area contributed by atoms with Gasteiger partial charge in [-0.1, -0.05) is 32.9 Å². The molecule has 1 saturated heterocycles. The molecular weight excluding hydrogens is 592 g/mol. The summed E-state index contributed by atoms with van der Waals surface area (Å²) in [6.45, 7) is 8.31. The van der Waals surface area contributed by atoms with Crippen LogP contribution in [0, 0.1) is 0 Å². The van der Waals surface area contributed by atoms with Crippen molar-refractivity contribution < 1.29 is 55.7 Å². The SMILES string of the molecule is CC(C)(C)c1ccc(C(=O)Nc2cn3nc(OC4CCCNC4)ccc3n2)cc1.O=C(O)C(F)(F)F.O=C(O)C(F)(F)F. The fourth-order valence-electron chi connectivity index (χ4n) is 3.39. The van der Waals surface area contributed by atoms with Crippen LogP contribution in [0.3, 0.4) is 0 Å². The first-order valence-electron chi connectivity index (χ1n) is 12.5. The van der Waals surface area contributed by atoms with Crippen LogP contribution in [-0.4, -0.2) is 74.2 Å². The van der Waals surface area contributed by atoms with Crippen LogP contribution in [-0.2, 0) is 15.0 Å². The third-order valence-corrected chi connectivity index (χ3v) is 5.57. The van der Waals surface area contributed by atoms with E-state index < -0.39 is 24.3 Å². The molecule has 17 heteroatoms. The highest BCUT2D eigenvalue weighted by atomic mass is 19.4. The minimum Gasteiger partial charge on any atom is -0.475 e. The maximum absolute atomic E-state index is 12.6. The zero-order valence-corrected chi connectivity index (χ0v) is 23.1. The Kier molecular flexibility index (Phi) is 11.5. The zero-order valence-electron chi connectivity index (χ0n) is 23.1. The van der Waals surface area contributed by atoms with Crippen molar-refractivity contribution in [1.82, 2.24) is 19.9 Å². The van der Waals surface area contributed by atoms with Crippen molar-refractivity contribution in [3.05, 3.63) is 53.7 Å². The minimum atomic E-state index is -5.08. The second-order valence-electron chi connectivity index (χ2n) is 10.1. The van der Waals surface area contributed by atoms with Crippen molar-refractivity contribution >= 4 is 29.3 Å². The predicted molar refractivity (Wildman–Crippen MR) is 140 cm³/mol. The molecule has 11 nitrogen and oxygen atoms in total. The number of aliphatic carboxylic acids is 2. The van der Waals surface area contributed by atoms with Crippen LogP contribution >= 0.6 is 0 Å². The van der Waals surface area contributed by atoms with Crippen molar-refractivity contribution in [2.45, 2.75) is 57.5 Å². The van der Waals surface area contributed by atoms with Crippen LogP contribution in [0.15, 0.2) is 42.6 Å². The minimum absolute atomic E-state index is 0.0513. The number of amides is 1. The molecule has 4 rings (SSSR count). The Balaban J connectivity index is 0.000000384. The molecule has 1 atom stereocenters. The maximum atomic E-state index is 12.6. The van der Waals surface area contributed by atoms with Crippen molar-refractivity contribution in [3.8, 4) is 5.88 Å². The molecule has 0 aliphatic carbocycles. The van der Waals surface area contributed by atoms with E-state index in [0.717, 1.165) is 25.9 Å². The summed E-state index contributed by atoms with van der Waals surface area (Å²) in [6.07, 6.45) is -6.22. The van der Waals surface area contributed by atoms with E-state index in [9.17, 15) is 31.1 Å². The number of benzene rings is 1. The van der Waals surface area contributed by atoms with Crippen molar-refractivity contribution in [1.29, 1.82) is 0 Å². The van der Waals surface area contributed by atoms with Crippen molar-refractivity contribution in [2.24, 2.45) is 0 Å². The lowest BCUT2D eigenvalue weighted by atomic mass is 9.87. The largest absolute Gasteiger partial charge is 0.490 e. The number of hydrogen-bond acceptors (Lipinski definition) is 7. The Labute approximate surface area is 240 Å². The summed E-state index contributed by atoms with van der Waals surface area (Å²) in [7, 11) is 0. The third-order valence-electron chi connectivity index (χ3n) is 5.57. The second-order valence-corrected chi connectivity index (χ2v) is 10.1. The summed E-state index contributed by atoms with van der Waals surface area (Å²) in [5.41, 5.74) is 2.48. The molecule has 43 heavy (non-hydrogen) atoms. The fourth-order valence-corrected chi connectivity index (χ4v) is 3.39. The molecule has 1 aliphatic rings. The molecule has 0 radical (unpaired) electrons. The lowest BCUT2D eigenvalue weighted by molar-refractivity contribution is -0.193. The summed E-state index contributed by atoms with van der Waals surface area (Å²) in [4.78, 5) is 34.8. The number of fused-ring (bicyclic) bond motifs is 1.